The summed E-state index contributed by atoms with van der Waals surface area (Å²) in [6.07, 6.45) is 10.9. The highest BCUT2D eigenvalue weighted by Gasteiger charge is 2.18. The van der Waals surface area contributed by atoms with Gasteiger partial charge in [-0.3, -0.25) is 0 Å². The van der Waals surface area contributed by atoms with Crippen LogP contribution in [0, 0.1) is 0 Å². The summed E-state index contributed by atoms with van der Waals surface area (Å²) in [7, 11) is 0. The molecule has 1 heteroatoms. The summed E-state index contributed by atoms with van der Waals surface area (Å²) < 4.78 is 0. The van der Waals surface area contributed by atoms with Crippen molar-refractivity contribution in [1.29, 1.82) is 0 Å². The fraction of sp³-hybridized carbons (Fsp3) is 0.333. The lowest BCUT2D eigenvalue weighted by molar-refractivity contribution is 0.341. The van der Waals surface area contributed by atoms with Gasteiger partial charge in [-0.2, -0.15) is 0 Å². The molecule has 0 aliphatic carbocycles. The molecule has 1 aliphatic rings. The van der Waals surface area contributed by atoms with E-state index >= 15 is 0 Å². The average molecular weight is 291 g/mol. The number of benzene rings is 2. The molecule has 22 heavy (non-hydrogen) atoms. The quantitative estimate of drug-likeness (QED) is 0.831. The SMILES string of the molecule is C(=C[C@@H]1CCC[C@@H](CCc2ccccc2)N1)c1ccccc1. The highest BCUT2D eigenvalue weighted by molar-refractivity contribution is 5.49. The van der Waals surface area contributed by atoms with E-state index < -0.39 is 0 Å². The first-order valence-electron chi connectivity index (χ1n) is 8.43. The molecule has 1 saturated heterocycles. The molecule has 0 unspecified atom stereocenters. The maximum atomic E-state index is 3.81. The van der Waals surface area contributed by atoms with Crippen LogP contribution in [0.5, 0.6) is 0 Å². The molecule has 0 radical (unpaired) electrons. The Morgan fingerprint density at radius 1 is 0.909 bits per heavy atom. The van der Waals surface area contributed by atoms with Crippen molar-refractivity contribution in [3.05, 3.63) is 77.9 Å². The molecule has 114 valence electrons. The monoisotopic (exact) mass is 291 g/mol. The standard InChI is InChI=1S/C21H25N/c1-3-8-18(9-4-1)14-16-20-12-7-13-21(22-20)17-15-19-10-5-2-6-11-19/h1-6,8-11,14,16,20-22H,7,12-13,15,17H2/t20-,21-/m0/s1. The summed E-state index contributed by atoms with van der Waals surface area (Å²) in [5, 5.41) is 3.81. The summed E-state index contributed by atoms with van der Waals surface area (Å²) in [4.78, 5) is 0. The lowest BCUT2D eigenvalue weighted by Gasteiger charge is -2.29. The summed E-state index contributed by atoms with van der Waals surface area (Å²) in [5.74, 6) is 0. The zero-order valence-corrected chi connectivity index (χ0v) is 13.1. The number of nitrogens with one attached hydrogen (secondary N) is 1. The largest absolute Gasteiger partial charge is 0.308 e. The van der Waals surface area contributed by atoms with Gasteiger partial charge in [0.1, 0.15) is 0 Å². The van der Waals surface area contributed by atoms with Crippen LogP contribution in [0.4, 0.5) is 0 Å². The molecule has 2 atom stereocenters. The van der Waals surface area contributed by atoms with Crippen LogP contribution >= 0.6 is 0 Å². The maximum Gasteiger partial charge on any atom is 0.0255 e. The van der Waals surface area contributed by atoms with Crippen molar-refractivity contribution < 1.29 is 0 Å². The second-order valence-electron chi connectivity index (χ2n) is 6.20. The Hall–Kier alpha value is -1.86. The minimum atomic E-state index is 0.523. The van der Waals surface area contributed by atoms with Gasteiger partial charge in [0.05, 0.1) is 0 Å². The van der Waals surface area contributed by atoms with Crippen LogP contribution in [0.1, 0.15) is 36.8 Å². The van der Waals surface area contributed by atoms with Gasteiger partial charge in [0.25, 0.3) is 0 Å². The van der Waals surface area contributed by atoms with Crippen molar-refractivity contribution in [2.75, 3.05) is 0 Å². The molecule has 0 aromatic heterocycles. The Labute approximate surface area is 134 Å². The fourth-order valence-electron chi connectivity index (χ4n) is 3.21. The minimum Gasteiger partial charge on any atom is -0.308 e. The van der Waals surface area contributed by atoms with Gasteiger partial charge in [0.15, 0.2) is 0 Å². The van der Waals surface area contributed by atoms with Gasteiger partial charge >= 0.3 is 0 Å². The van der Waals surface area contributed by atoms with Crippen LogP contribution < -0.4 is 5.32 Å². The van der Waals surface area contributed by atoms with E-state index in [9.17, 15) is 0 Å². The minimum absolute atomic E-state index is 0.523. The molecule has 0 saturated carbocycles. The number of piperidine rings is 1. The first-order valence-corrected chi connectivity index (χ1v) is 8.43. The molecule has 0 bridgehead atoms. The Kier molecular flexibility index (Phi) is 5.44. The Balaban J connectivity index is 1.50. The van der Waals surface area contributed by atoms with E-state index in [0.29, 0.717) is 12.1 Å². The zero-order chi connectivity index (χ0) is 15.0. The van der Waals surface area contributed by atoms with Crippen LogP contribution in [0.3, 0.4) is 0 Å². The van der Waals surface area contributed by atoms with Crippen molar-refractivity contribution in [2.24, 2.45) is 0 Å². The number of rotatable bonds is 5. The smallest absolute Gasteiger partial charge is 0.0255 e. The normalized spacial score (nSPS) is 22.0. The second-order valence-corrected chi connectivity index (χ2v) is 6.20. The summed E-state index contributed by atoms with van der Waals surface area (Å²) in [6.45, 7) is 0. The molecule has 0 spiro atoms. The van der Waals surface area contributed by atoms with E-state index in [0.717, 1.165) is 0 Å². The van der Waals surface area contributed by atoms with Gasteiger partial charge in [-0.25, -0.2) is 0 Å². The van der Waals surface area contributed by atoms with Gasteiger partial charge < -0.3 is 5.32 Å². The predicted molar refractivity (Wildman–Crippen MR) is 94.8 cm³/mol. The molecule has 1 N–H and O–H groups in total. The van der Waals surface area contributed by atoms with Gasteiger partial charge in [0.2, 0.25) is 0 Å². The Morgan fingerprint density at radius 2 is 1.64 bits per heavy atom. The van der Waals surface area contributed by atoms with Crippen molar-refractivity contribution in [2.45, 2.75) is 44.2 Å². The van der Waals surface area contributed by atoms with Gasteiger partial charge in [-0.1, -0.05) is 79.2 Å². The van der Waals surface area contributed by atoms with Crippen LogP contribution in [0.15, 0.2) is 66.7 Å². The molecule has 1 aliphatic heterocycles. The van der Waals surface area contributed by atoms with E-state index in [1.54, 1.807) is 0 Å². The molecule has 2 aromatic carbocycles. The van der Waals surface area contributed by atoms with Crippen molar-refractivity contribution in [3.63, 3.8) is 0 Å². The molecule has 1 fully saturated rings. The van der Waals surface area contributed by atoms with Crippen molar-refractivity contribution >= 4 is 6.08 Å². The number of aryl methyl sites for hydroxylation is 1. The fourth-order valence-corrected chi connectivity index (χ4v) is 3.21. The van der Waals surface area contributed by atoms with Crippen molar-refractivity contribution in [3.8, 4) is 0 Å². The van der Waals surface area contributed by atoms with E-state index in [4.69, 9.17) is 0 Å². The van der Waals surface area contributed by atoms with Crippen molar-refractivity contribution in [1.82, 2.24) is 5.32 Å². The third kappa shape index (κ3) is 4.57. The van der Waals surface area contributed by atoms with Gasteiger partial charge in [-0.05, 0) is 36.8 Å². The Morgan fingerprint density at radius 3 is 2.41 bits per heavy atom. The summed E-state index contributed by atoms with van der Waals surface area (Å²) >= 11 is 0. The van der Waals surface area contributed by atoms with E-state index in [1.807, 2.05) is 0 Å². The second kappa shape index (κ2) is 7.95. The summed E-state index contributed by atoms with van der Waals surface area (Å²) in [6, 6.07) is 22.6. The predicted octanol–water partition coefficient (Wildman–Crippen LogP) is 4.84. The van der Waals surface area contributed by atoms with Crippen LogP contribution in [0.25, 0.3) is 6.08 Å². The molecule has 1 heterocycles. The van der Waals surface area contributed by atoms with E-state index in [2.05, 4.69) is 78.1 Å². The van der Waals surface area contributed by atoms with Gasteiger partial charge in [-0.15, -0.1) is 0 Å². The third-order valence-electron chi connectivity index (χ3n) is 4.46. The highest BCUT2D eigenvalue weighted by atomic mass is 15.0. The van der Waals surface area contributed by atoms with E-state index in [-0.39, 0.29) is 0 Å². The highest BCUT2D eigenvalue weighted by Crippen LogP contribution is 2.18. The third-order valence-corrected chi connectivity index (χ3v) is 4.46. The molecule has 3 rings (SSSR count). The topological polar surface area (TPSA) is 12.0 Å². The van der Waals surface area contributed by atoms with Crippen LogP contribution in [-0.4, -0.2) is 12.1 Å². The maximum absolute atomic E-state index is 3.81. The zero-order valence-electron chi connectivity index (χ0n) is 13.1. The van der Waals surface area contributed by atoms with Gasteiger partial charge in [0, 0.05) is 12.1 Å². The Bertz CT molecular complexity index is 573. The molecule has 0 amide bonds. The number of hydrogen-bond acceptors (Lipinski definition) is 1. The lowest BCUT2D eigenvalue weighted by atomic mass is 9.93. The van der Waals surface area contributed by atoms with Crippen LogP contribution in [-0.2, 0) is 6.42 Å². The molecular formula is C21H25N. The molecule has 2 aromatic rings. The van der Waals surface area contributed by atoms with E-state index in [1.165, 1.54) is 43.2 Å². The average Bonchev–Trinajstić information content (AvgIpc) is 2.60. The van der Waals surface area contributed by atoms with Crippen LogP contribution in [0.2, 0.25) is 0 Å². The lowest BCUT2D eigenvalue weighted by Crippen LogP contribution is -2.41. The molecular weight excluding hydrogens is 266 g/mol. The molecule has 1 nitrogen and oxygen atoms in total. The number of hydrogen-bond donors (Lipinski definition) is 1. The first kappa shape index (κ1) is 15.1. The first-order chi connectivity index (χ1) is 10.9. The summed E-state index contributed by atoms with van der Waals surface area (Å²) in [5.41, 5.74) is 2.74.